The Kier molecular flexibility index (Phi) is 8.02. The monoisotopic (exact) mass is 493 g/mol. The highest BCUT2D eigenvalue weighted by Gasteiger charge is 2.28. The Morgan fingerprint density at radius 2 is 1.71 bits per heavy atom. The van der Waals surface area contributed by atoms with E-state index >= 15 is 0 Å². The van der Waals surface area contributed by atoms with Gasteiger partial charge in [0.15, 0.2) is 0 Å². The Morgan fingerprint density at radius 3 is 2.34 bits per heavy atom. The van der Waals surface area contributed by atoms with Crippen molar-refractivity contribution >= 4 is 21.5 Å². The molecule has 0 bridgehead atoms. The van der Waals surface area contributed by atoms with Gasteiger partial charge < -0.3 is 10.2 Å². The zero-order valence-corrected chi connectivity index (χ0v) is 21.1. The Morgan fingerprint density at radius 1 is 1.03 bits per heavy atom. The fourth-order valence-corrected chi connectivity index (χ4v) is 5.04. The minimum atomic E-state index is -4.17. The summed E-state index contributed by atoms with van der Waals surface area (Å²) in [6, 6.07) is 14.5. The molecule has 0 aromatic heterocycles. The molecule has 0 saturated heterocycles. The van der Waals surface area contributed by atoms with Gasteiger partial charge in [-0.3, -0.25) is 4.79 Å². The molecular weight excluding hydrogens is 462 g/mol. The largest absolute Gasteiger partial charge is 0.507 e. The van der Waals surface area contributed by atoms with Crippen LogP contribution in [0.3, 0.4) is 0 Å². The van der Waals surface area contributed by atoms with E-state index in [0.29, 0.717) is 35.1 Å². The van der Waals surface area contributed by atoms with Gasteiger partial charge in [0.05, 0.1) is 16.0 Å². The molecule has 0 aliphatic heterocycles. The van der Waals surface area contributed by atoms with Gasteiger partial charge in [0, 0.05) is 0 Å². The number of phenolic OH excluding ortho intramolecular Hbond substituents is 2. The lowest BCUT2D eigenvalue weighted by Crippen LogP contribution is -2.31. The van der Waals surface area contributed by atoms with E-state index in [1.165, 1.54) is 18.2 Å². The molecule has 0 spiro atoms. The van der Waals surface area contributed by atoms with Crippen LogP contribution in [-0.4, -0.2) is 24.5 Å². The highest BCUT2D eigenvalue weighted by atomic mass is 32.2. The molecule has 0 aliphatic carbocycles. The smallest absolute Gasteiger partial charge is 0.269 e. The molecule has 0 heterocycles. The van der Waals surface area contributed by atoms with Crippen LogP contribution in [0.5, 0.6) is 11.5 Å². The lowest BCUT2D eigenvalue weighted by atomic mass is 9.89. The third-order valence-corrected chi connectivity index (χ3v) is 7.17. The van der Waals surface area contributed by atoms with E-state index in [-0.39, 0.29) is 21.8 Å². The van der Waals surface area contributed by atoms with Crippen LogP contribution in [0.1, 0.15) is 60.2 Å². The van der Waals surface area contributed by atoms with Crippen LogP contribution in [0.4, 0.5) is 0 Å². The number of carbonyl (C=O) groups is 1. The van der Waals surface area contributed by atoms with Crippen LogP contribution >= 0.6 is 0 Å². The molecule has 0 atom stereocenters. The summed E-state index contributed by atoms with van der Waals surface area (Å²) >= 11 is 0. The molecule has 3 rings (SSSR count). The maximum absolute atomic E-state index is 13.3. The van der Waals surface area contributed by atoms with E-state index in [1.807, 2.05) is 26.0 Å². The Balaban J connectivity index is 2.20. The Bertz CT molecular complexity index is 1360. The van der Waals surface area contributed by atoms with Gasteiger partial charge in [-0.05, 0) is 61.6 Å². The zero-order valence-electron chi connectivity index (χ0n) is 20.3. The lowest BCUT2D eigenvalue weighted by Gasteiger charge is -2.19. The van der Waals surface area contributed by atoms with Gasteiger partial charge in [0.25, 0.3) is 15.9 Å². The highest BCUT2D eigenvalue weighted by Crippen LogP contribution is 2.44. The number of nitrogens with one attached hydrogen (secondary N) is 1. The van der Waals surface area contributed by atoms with Crippen molar-refractivity contribution in [3.63, 3.8) is 0 Å². The average Bonchev–Trinajstić information content (AvgIpc) is 2.79. The van der Waals surface area contributed by atoms with Gasteiger partial charge in [-0.2, -0.15) is 0 Å². The Hall–Kier alpha value is -3.58. The molecule has 184 valence electrons. The summed E-state index contributed by atoms with van der Waals surface area (Å²) in [6.07, 6.45) is 2.92. The van der Waals surface area contributed by atoms with Crippen molar-refractivity contribution in [2.24, 2.45) is 0 Å². The zero-order chi connectivity index (χ0) is 25.8. The van der Waals surface area contributed by atoms with Gasteiger partial charge in [-0.25, -0.2) is 13.1 Å². The molecule has 0 saturated carbocycles. The Labute approximate surface area is 207 Å². The van der Waals surface area contributed by atoms with Crippen molar-refractivity contribution in [3.8, 4) is 22.6 Å². The fraction of sp³-hybridized carbons (Fsp3) is 0.250. The summed E-state index contributed by atoms with van der Waals surface area (Å²) in [5.74, 6) is -1.61. The first kappa shape index (κ1) is 26.0. The molecule has 35 heavy (non-hydrogen) atoms. The second kappa shape index (κ2) is 10.8. The third kappa shape index (κ3) is 5.74. The number of allylic oxidation sites excluding steroid dienone is 1. The number of aryl methyl sites for hydroxylation is 2. The number of sulfonamides is 1. The van der Waals surface area contributed by atoms with Gasteiger partial charge in [-0.15, -0.1) is 0 Å². The number of rotatable bonds is 9. The van der Waals surface area contributed by atoms with E-state index in [1.54, 1.807) is 31.2 Å². The average molecular weight is 494 g/mol. The summed E-state index contributed by atoms with van der Waals surface area (Å²) < 4.78 is 27.8. The molecule has 0 fully saturated rings. The number of amides is 1. The van der Waals surface area contributed by atoms with Gasteiger partial charge in [0.1, 0.15) is 11.5 Å². The molecule has 0 radical (unpaired) electrons. The molecule has 3 N–H and O–H groups in total. The standard InChI is InChI=1S/C28H31NO5S/c1-5-6-8-11-20-17-24(30)26(23-16-19(4)14-15-22(23)18(2)3)27(31)25(20)28(32)29-35(33,34)21-12-9-7-10-13-21/h7,9-10,12-17,30-31H,2,5-6,8,11H2,1,3-4H3,(H,29,32). The topological polar surface area (TPSA) is 104 Å². The number of unbranched alkanes of at least 4 members (excludes halogenated alkanes) is 2. The second-order valence-corrected chi connectivity index (χ2v) is 10.4. The number of benzene rings is 3. The van der Waals surface area contributed by atoms with Crippen molar-refractivity contribution in [3.05, 3.63) is 83.4 Å². The van der Waals surface area contributed by atoms with Crippen LogP contribution in [0, 0.1) is 6.92 Å². The normalized spacial score (nSPS) is 11.3. The van der Waals surface area contributed by atoms with Crippen molar-refractivity contribution < 1.29 is 23.4 Å². The van der Waals surface area contributed by atoms with Gasteiger partial charge in [0.2, 0.25) is 0 Å². The summed E-state index contributed by atoms with van der Waals surface area (Å²) in [4.78, 5) is 13.3. The summed E-state index contributed by atoms with van der Waals surface area (Å²) in [5, 5.41) is 22.3. The quantitative estimate of drug-likeness (QED) is 0.319. The highest BCUT2D eigenvalue weighted by molar-refractivity contribution is 7.90. The predicted octanol–water partition coefficient (Wildman–Crippen LogP) is 5.96. The molecule has 1 amide bonds. The van der Waals surface area contributed by atoms with Gasteiger partial charge >= 0.3 is 0 Å². The number of phenols is 2. The molecule has 6 nitrogen and oxygen atoms in total. The van der Waals surface area contributed by atoms with E-state index in [2.05, 4.69) is 11.3 Å². The molecule has 7 heteroatoms. The van der Waals surface area contributed by atoms with Crippen LogP contribution < -0.4 is 4.72 Å². The summed E-state index contributed by atoms with van der Waals surface area (Å²) in [7, 11) is -4.17. The maximum Gasteiger partial charge on any atom is 0.269 e. The van der Waals surface area contributed by atoms with Crippen molar-refractivity contribution in [2.45, 2.75) is 51.3 Å². The van der Waals surface area contributed by atoms with Crippen molar-refractivity contribution in [2.75, 3.05) is 0 Å². The van der Waals surface area contributed by atoms with E-state index in [9.17, 15) is 23.4 Å². The molecule has 0 unspecified atom stereocenters. The van der Waals surface area contributed by atoms with Crippen LogP contribution in [-0.2, 0) is 16.4 Å². The summed E-state index contributed by atoms with van der Waals surface area (Å²) in [6.45, 7) is 9.70. The molecule has 3 aromatic rings. The molecular formula is C28H31NO5S. The predicted molar refractivity (Wildman–Crippen MR) is 139 cm³/mol. The maximum atomic E-state index is 13.3. The SMILES string of the molecule is C=C(C)c1ccc(C)cc1-c1c(O)cc(CCCCC)c(C(=O)NS(=O)(=O)c2ccccc2)c1O. The first-order valence-electron chi connectivity index (χ1n) is 11.5. The molecule has 3 aromatic carbocycles. The summed E-state index contributed by atoms with van der Waals surface area (Å²) in [5.41, 5.74) is 3.08. The van der Waals surface area contributed by atoms with E-state index < -0.39 is 21.7 Å². The third-order valence-electron chi connectivity index (χ3n) is 5.82. The first-order chi connectivity index (χ1) is 16.6. The second-order valence-electron chi connectivity index (χ2n) is 8.69. The van der Waals surface area contributed by atoms with Crippen LogP contribution in [0.25, 0.3) is 16.7 Å². The fourth-order valence-electron chi connectivity index (χ4n) is 4.06. The molecule has 0 aliphatic rings. The first-order valence-corrected chi connectivity index (χ1v) is 13.0. The minimum absolute atomic E-state index is 0.0631. The number of hydrogen-bond acceptors (Lipinski definition) is 5. The van der Waals surface area contributed by atoms with E-state index in [4.69, 9.17) is 0 Å². The van der Waals surface area contributed by atoms with E-state index in [0.717, 1.165) is 18.4 Å². The number of hydrogen-bond donors (Lipinski definition) is 3. The number of aromatic hydroxyl groups is 2. The number of carbonyl (C=O) groups excluding carboxylic acids is 1. The van der Waals surface area contributed by atoms with Gasteiger partial charge in [-0.1, -0.05) is 73.9 Å². The van der Waals surface area contributed by atoms with Crippen LogP contribution in [0.15, 0.2) is 66.1 Å². The van der Waals surface area contributed by atoms with Crippen LogP contribution in [0.2, 0.25) is 0 Å². The minimum Gasteiger partial charge on any atom is -0.507 e. The van der Waals surface area contributed by atoms with Crippen molar-refractivity contribution in [1.82, 2.24) is 4.72 Å². The van der Waals surface area contributed by atoms with Crippen molar-refractivity contribution in [1.29, 1.82) is 0 Å². The lowest BCUT2D eigenvalue weighted by molar-refractivity contribution is 0.0978.